The van der Waals surface area contributed by atoms with E-state index in [1.54, 1.807) is 12.3 Å². The molecule has 1 unspecified atom stereocenters. The van der Waals surface area contributed by atoms with Crippen molar-refractivity contribution in [1.82, 2.24) is 15.0 Å². The Morgan fingerprint density at radius 1 is 1.33 bits per heavy atom. The Morgan fingerprint density at radius 2 is 2.04 bits per heavy atom. The molecule has 0 aliphatic carbocycles. The number of aromatic nitrogens is 3. The number of pyridine rings is 1. The number of carboxylic acid groups (broad SMARTS) is 1. The summed E-state index contributed by atoms with van der Waals surface area (Å²) in [4.78, 5) is 24.7. The molecule has 0 radical (unpaired) electrons. The summed E-state index contributed by atoms with van der Waals surface area (Å²) in [5.41, 5.74) is 8.04. The van der Waals surface area contributed by atoms with Gasteiger partial charge in [-0.1, -0.05) is 13.8 Å². The lowest BCUT2D eigenvalue weighted by Crippen LogP contribution is -2.43. The van der Waals surface area contributed by atoms with Crippen molar-refractivity contribution >= 4 is 11.9 Å². The second-order valence-corrected chi connectivity index (χ2v) is 7.49. The Balaban J connectivity index is 2.17. The SMILES string of the molecule is Cc1cc(-c2cc(N(C)C(=O)O)ncn2)cnc1OCC(C)(N)CC(C)C. The highest BCUT2D eigenvalue weighted by molar-refractivity contribution is 5.84. The molecule has 0 saturated heterocycles. The van der Waals surface area contributed by atoms with Crippen LogP contribution in [0.3, 0.4) is 0 Å². The number of nitrogens with zero attached hydrogens (tertiary/aromatic N) is 4. The molecule has 0 aromatic carbocycles. The largest absolute Gasteiger partial charge is 0.476 e. The third kappa shape index (κ3) is 5.62. The second-order valence-electron chi connectivity index (χ2n) is 7.49. The molecule has 2 aromatic heterocycles. The van der Waals surface area contributed by atoms with Crippen LogP contribution >= 0.6 is 0 Å². The summed E-state index contributed by atoms with van der Waals surface area (Å²) in [7, 11) is 1.43. The van der Waals surface area contributed by atoms with Gasteiger partial charge in [-0.05, 0) is 32.3 Å². The number of hydrogen-bond acceptors (Lipinski definition) is 6. The molecule has 1 amide bonds. The Labute approximate surface area is 159 Å². The van der Waals surface area contributed by atoms with Crippen LogP contribution < -0.4 is 15.4 Å². The Hall–Kier alpha value is -2.74. The van der Waals surface area contributed by atoms with Gasteiger partial charge in [0.05, 0.1) is 5.69 Å². The molecule has 1 atom stereocenters. The molecule has 8 nitrogen and oxygen atoms in total. The molecule has 0 spiro atoms. The summed E-state index contributed by atoms with van der Waals surface area (Å²) in [6.45, 7) is 8.49. The first-order valence-corrected chi connectivity index (χ1v) is 8.76. The van der Waals surface area contributed by atoms with E-state index in [2.05, 4.69) is 28.8 Å². The number of aryl methyl sites for hydroxylation is 1. The maximum absolute atomic E-state index is 11.1. The highest BCUT2D eigenvalue weighted by Gasteiger charge is 2.22. The summed E-state index contributed by atoms with van der Waals surface area (Å²) in [6.07, 6.45) is 2.73. The topological polar surface area (TPSA) is 114 Å². The number of amides is 1. The normalized spacial score (nSPS) is 13.3. The van der Waals surface area contributed by atoms with Crippen molar-refractivity contribution in [2.24, 2.45) is 11.7 Å². The van der Waals surface area contributed by atoms with E-state index in [0.717, 1.165) is 22.4 Å². The fourth-order valence-corrected chi connectivity index (χ4v) is 2.86. The molecule has 3 N–H and O–H groups in total. The van der Waals surface area contributed by atoms with Crippen LogP contribution in [-0.2, 0) is 0 Å². The van der Waals surface area contributed by atoms with E-state index in [9.17, 15) is 4.79 Å². The molecule has 0 saturated carbocycles. The van der Waals surface area contributed by atoms with E-state index in [4.69, 9.17) is 15.6 Å². The predicted molar refractivity (Wildman–Crippen MR) is 104 cm³/mol. The molecule has 0 aliphatic rings. The van der Waals surface area contributed by atoms with Crippen LogP contribution in [0.1, 0.15) is 32.8 Å². The molecule has 0 fully saturated rings. The molecule has 0 aliphatic heterocycles. The zero-order valence-corrected chi connectivity index (χ0v) is 16.4. The molecule has 0 bridgehead atoms. The number of hydrogen-bond donors (Lipinski definition) is 2. The first-order chi connectivity index (χ1) is 12.6. The Morgan fingerprint density at radius 3 is 2.63 bits per heavy atom. The lowest BCUT2D eigenvalue weighted by molar-refractivity contribution is 0.199. The molecular formula is C19H27N5O3. The van der Waals surface area contributed by atoms with E-state index >= 15 is 0 Å². The summed E-state index contributed by atoms with van der Waals surface area (Å²) < 4.78 is 5.83. The first-order valence-electron chi connectivity index (χ1n) is 8.76. The molecule has 8 heteroatoms. The highest BCUT2D eigenvalue weighted by atomic mass is 16.5. The lowest BCUT2D eigenvalue weighted by atomic mass is 9.93. The zero-order chi connectivity index (χ0) is 20.2. The number of nitrogens with two attached hydrogens (primary N) is 1. The minimum absolute atomic E-state index is 0.290. The summed E-state index contributed by atoms with van der Waals surface area (Å²) in [5.74, 6) is 1.30. The molecule has 2 heterocycles. The van der Waals surface area contributed by atoms with Gasteiger partial charge in [-0.2, -0.15) is 0 Å². The predicted octanol–water partition coefficient (Wildman–Crippen LogP) is 3.10. The van der Waals surface area contributed by atoms with Crippen LogP contribution in [0.5, 0.6) is 5.88 Å². The third-order valence-corrected chi connectivity index (χ3v) is 4.02. The fraction of sp³-hybridized carbons (Fsp3) is 0.474. The molecule has 2 aromatic rings. The lowest BCUT2D eigenvalue weighted by Gasteiger charge is -2.26. The maximum atomic E-state index is 11.1. The van der Waals surface area contributed by atoms with Crippen LogP contribution in [0.25, 0.3) is 11.3 Å². The van der Waals surface area contributed by atoms with Gasteiger partial charge in [-0.15, -0.1) is 0 Å². The van der Waals surface area contributed by atoms with Crippen LogP contribution in [0.2, 0.25) is 0 Å². The Bertz CT molecular complexity index is 808. The van der Waals surface area contributed by atoms with E-state index in [-0.39, 0.29) is 5.82 Å². The van der Waals surface area contributed by atoms with Crippen LogP contribution in [0.4, 0.5) is 10.6 Å². The second kappa shape index (κ2) is 8.30. The molecule has 27 heavy (non-hydrogen) atoms. The van der Waals surface area contributed by atoms with Gasteiger partial charge in [-0.3, -0.25) is 4.90 Å². The van der Waals surface area contributed by atoms with Crippen molar-refractivity contribution in [2.75, 3.05) is 18.6 Å². The van der Waals surface area contributed by atoms with Gasteiger partial charge in [0.15, 0.2) is 0 Å². The van der Waals surface area contributed by atoms with Gasteiger partial charge in [0.1, 0.15) is 18.8 Å². The van der Waals surface area contributed by atoms with Crippen LogP contribution in [0.15, 0.2) is 24.7 Å². The van der Waals surface area contributed by atoms with Crippen molar-refractivity contribution < 1.29 is 14.6 Å². The van der Waals surface area contributed by atoms with Gasteiger partial charge in [-0.25, -0.2) is 19.7 Å². The first kappa shape index (κ1) is 20.6. The van der Waals surface area contributed by atoms with Crippen molar-refractivity contribution in [3.63, 3.8) is 0 Å². The minimum atomic E-state index is -1.09. The highest BCUT2D eigenvalue weighted by Crippen LogP contribution is 2.25. The van der Waals surface area contributed by atoms with E-state index in [0.29, 0.717) is 24.1 Å². The standard InChI is InChI=1S/C19H27N5O3/c1-12(2)8-19(4,20)10-27-17-13(3)6-14(9-21-17)15-7-16(23-11-22-15)24(5)18(25)26/h6-7,9,11-12H,8,10,20H2,1-5H3,(H,25,26). The number of rotatable bonds is 7. The number of carbonyl (C=O) groups is 1. The van der Waals surface area contributed by atoms with Gasteiger partial charge in [0.25, 0.3) is 0 Å². The summed E-state index contributed by atoms with van der Waals surface area (Å²) in [5, 5.41) is 9.08. The molecule has 2 rings (SSSR count). The van der Waals surface area contributed by atoms with Gasteiger partial charge >= 0.3 is 6.09 Å². The van der Waals surface area contributed by atoms with Crippen molar-refractivity contribution in [1.29, 1.82) is 0 Å². The molecular weight excluding hydrogens is 346 g/mol. The van der Waals surface area contributed by atoms with Crippen molar-refractivity contribution in [3.05, 3.63) is 30.2 Å². The summed E-state index contributed by atoms with van der Waals surface area (Å²) in [6, 6.07) is 3.50. The van der Waals surface area contributed by atoms with Crippen LogP contribution in [0, 0.1) is 12.8 Å². The van der Waals surface area contributed by atoms with Crippen molar-refractivity contribution in [2.45, 2.75) is 39.7 Å². The van der Waals surface area contributed by atoms with Crippen LogP contribution in [-0.4, -0.2) is 45.3 Å². The minimum Gasteiger partial charge on any atom is -0.476 e. The van der Waals surface area contributed by atoms with Gasteiger partial charge < -0.3 is 15.6 Å². The van der Waals surface area contributed by atoms with E-state index < -0.39 is 11.6 Å². The van der Waals surface area contributed by atoms with Gasteiger partial charge in [0, 0.05) is 36.0 Å². The smallest absolute Gasteiger partial charge is 0.412 e. The molecule has 146 valence electrons. The monoisotopic (exact) mass is 373 g/mol. The number of anilines is 1. The third-order valence-electron chi connectivity index (χ3n) is 4.02. The maximum Gasteiger partial charge on any atom is 0.412 e. The quantitative estimate of drug-likeness (QED) is 0.766. The fourth-order valence-electron chi connectivity index (χ4n) is 2.86. The average Bonchev–Trinajstić information content (AvgIpc) is 2.59. The van der Waals surface area contributed by atoms with Crippen molar-refractivity contribution in [3.8, 4) is 17.1 Å². The Kier molecular flexibility index (Phi) is 6.32. The van der Waals surface area contributed by atoms with E-state index in [1.165, 1.54) is 13.4 Å². The zero-order valence-electron chi connectivity index (χ0n) is 16.4. The van der Waals surface area contributed by atoms with Gasteiger partial charge in [0.2, 0.25) is 5.88 Å². The number of ether oxygens (including phenoxy) is 1. The van der Waals surface area contributed by atoms with E-state index in [1.807, 2.05) is 19.9 Å². The average molecular weight is 373 g/mol. The summed E-state index contributed by atoms with van der Waals surface area (Å²) >= 11 is 0.